The maximum absolute atomic E-state index is 12.4. The number of ether oxygens (including phenoxy) is 2. The number of ketones is 1. The maximum Gasteiger partial charge on any atom is 0.290 e. The lowest BCUT2D eigenvalue weighted by Crippen LogP contribution is -2.32. The third-order valence-corrected chi connectivity index (χ3v) is 4.03. The number of Topliss-reactive ketones (excluding diaryl/α,β-unsaturated/α-hetero) is 1. The number of nitrogens with zero attached hydrogens (tertiary/aromatic N) is 1. The van der Waals surface area contributed by atoms with Crippen LogP contribution < -0.4 is 4.74 Å². The normalized spacial score (nSPS) is 17.3. The Hall–Kier alpha value is -2.54. The van der Waals surface area contributed by atoms with Crippen LogP contribution in [-0.4, -0.2) is 53.7 Å². The second-order valence-electron chi connectivity index (χ2n) is 5.73. The number of carbonyl (C=O) groups is 2. The highest BCUT2D eigenvalue weighted by molar-refractivity contribution is 6.08. The van der Waals surface area contributed by atoms with Crippen LogP contribution in [-0.2, 0) is 14.3 Å². The van der Waals surface area contributed by atoms with Crippen molar-refractivity contribution in [3.8, 4) is 11.5 Å². The predicted octanol–water partition coefficient (Wildman–Crippen LogP) is 2.11. The second kappa shape index (κ2) is 8.02. The van der Waals surface area contributed by atoms with Crippen molar-refractivity contribution in [2.45, 2.75) is 26.3 Å². The van der Waals surface area contributed by atoms with Crippen LogP contribution in [0.1, 0.15) is 31.9 Å². The molecule has 1 aliphatic rings. The highest BCUT2D eigenvalue weighted by atomic mass is 16.5. The van der Waals surface area contributed by atoms with Gasteiger partial charge in [0.05, 0.1) is 18.2 Å². The number of phenolic OH excluding ortho intramolecular Hbond substituents is 1. The van der Waals surface area contributed by atoms with Gasteiger partial charge in [0.25, 0.3) is 5.91 Å². The molecule has 2 N–H and O–H groups in total. The molecule has 1 aromatic carbocycles. The Kier molecular flexibility index (Phi) is 6.03. The Morgan fingerprint density at radius 2 is 2.04 bits per heavy atom. The van der Waals surface area contributed by atoms with E-state index in [-0.39, 0.29) is 22.9 Å². The third kappa shape index (κ3) is 3.76. The lowest BCUT2D eigenvalue weighted by atomic mass is 9.96. The zero-order chi connectivity index (χ0) is 18.6. The van der Waals surface area contributed by atoms with Crippen molar-refractivity contribution in [1.82, 2.24) is 4.90 Å². The number of benzene rings is 1. The Balaban J connectivity index is 2.45. The summed E-state index contributed by atoms with van der Waals surface area (Å²) in [5.41, 5.74) is 0.636. The SMILES string of the molecule is CCOc1cc(C2C(C(C)=O)=C(O)C(=O)N2CCCOC)ccc1O. The highest BCUT2D eigenvalue weighted by Gasteiger charge is 2.42. The third-order valence-electron chi connectivity index (χ3n) is 4.03. The van der Waals surface area contributed by atoms with Crippen LogP contribution >= 0.6 is 0 Å². The number of hydrogen-bond acceptors (Lipinski definition) is 6. The van der Waals surface area contributed by atoms with Crippen molar-refractivity contribution in [1.29, 1.82) is 0 Å². The fraction of sp³-hybridized carbons (Fsp3) is 0.444. The molecule has 0 saturated heterocycles. The lowest BCUT2D eigenvalue weighted by Gasteiger charge is -2.27. The van der Waals surface area contributed by atoms with E-state index in [0.717, 1.165) is 0 Å². The number of aliphatic hydroxyl groups excluding tert-OH is 1. The summed E-state index contributed by atoms with van der Waals surface area (Å²) < 4.78 is 10.4. The Bertz CT molecular complexity index is 697. The molecule has 25 heavy (non-hydrogen) atoms. The number of phenols is 1. The van der Waals surface area contributed by atoms with E-state index < -0.39 is 17.7 Å². The van der Waals surface area contributed by atoms with E-state index in [2.05, 4.69) is 0 Å². The molecule has 0 saturated carbocycles. The molecule has 0 spiro atoms. The highest BCUT2D eigenvalue weighted by Crippen LogP contribution is 2.40. The molecule has 0 aromatic heterocycles. The monoisotopic (exact) mass is 349 g/mol. The van der Waals surface area contributed by atoms with Gasteiger partial charge in [0.1, 0.15) is 0 Å². The zero-order valence-corrected chi connectivity index (χ0v) is 14.6. The average molecular weight is 349 g/mol. The van der Waals surface area contributed by atoms with Crippen molar-refractivity contribution in [2.75, 3.05) is 26.9 Å². The van der Waals surface area contributed by atoms with E-state index >= 15 is 0 Å². The first-order valence-electron chi connectivity index (χ1n) is 8.12. The van der Waals surface area contributed by atoms with Crippen molar-refractivity contribution < 1.29 is 29.3 Å². The van der Waals surface area contributed by atoms with Crippen LogP contribution in [0.4, 0.5) is 0 Å². The maximum atomic E-state index is 12.4. The molecule has 1 amide bonds. The number of aliphatic hydroxyl groups is 1. The topological polar surface area (TPSA) is 96.3 Å². The van der Waals surface area contributed by atoms with Gasteiger partial charge in [0.2, 0.25) is 0 Å². The molecule has 2 rings (SSSR count). The van der Waals surface area contributed by atoms with Gasteiger partial charge in [-0.2, -0.15) is 0 Å². The Labute approximate surface area is 146 Å². The van der Waals surface area contributed by atoms with Crippen LogP contribution in [0.15, 0.2) is 29.5 Å². The summed E-state index contributed by atoms with van der Waals surface area (Å²) in [7, 11) is 1.56. The fourth-order valence-corrected chi connectivity index (χ4v) is 2.94. The number of carbonyl (C=O) groups excluding carboxylic acids is 2. The molecule has 7 nitrogen and oxygen atoms in total. The summed E-state index contributed by atoms with van der Waals surface area (Å²) in [6, 6.07) is 3.93. The second-order valence-corrected chi connectivity index (χ2v) is 5.73. The lowest BCUT2D eigenvalue weighted by molar-refractivity contribution is -0.129. The Morgan fingerprint density at radius 1 is 1.32 bits per heavy atom. The first-order valence-corrected chi connectivity index (χ1v) is 8.12. The van der Waals surface area contributed by atoms with Gasteiger partial charge in [0.15, 0.2) is 23.0 Å². The standard InChI is InChI=1S/C18H23NO6/c1-4-25-14-10-12(6-7-13(14)21)16-15(11(2)20)17(22)18(23)19(16)8-5-9-24-3/h6-7,10,16,21-22H,4-5,8-9H2,1-3H3. The van der Waals surface area contributed by atoms with E-state index in [9.17, 15) is 19.8 Å². The summed E-state index contributed by atoms with van der Waals surface area (Å²) in [4.78, 5) is 25.9. The molecule has 0 radical (unpaired) electrons. The quantitative estimate of drug-likeness (QED) is 0.698. The summed E-state index contributed by atoms with van der Waals surface area (Å²) in [6.45, 7) is 4.23. The van der Waals surface area contributed by atoms with E-state index in [4.69, 9.17) is 9.47 Å². The molecule has 1 atom stereocenters. The van der Waals surface area contributed by atoms with Gasteiger partial charge in [0, 0.05) is 20.3 Å². The molecule has 136 valence electrons. The molecule has 1 unspecified atom stereocenters. The molecule has 0 fully saturated rings. The summed E-state index contributed by atoms with van der Waals surface area (Å²) >= 11 is 0. The minimum Gasteiger partial charge on any atom is -0.504 e. The summed E-state index contributed by atoms with van der Waals surface area (Å²) in [5.74, 6) is -1.26. The molecule has 0 aliphatic carbocycles. The smallest absolute Gasteiger partial charge is 0.290 e. The van der Waals surface area contributed by atoms with Gasteiger partial charge in [-0.15, -0.1) is 0 Å². The van der Waals surface area contributed by atoms with Crippen LogP contribution in [0.3, 0.4) is 0 Å². The first-order chi connectivity index (χ1) is 11.9. The van der Waals surface area contributed by atoms with E-state index in [1.165, 1.54) is 17.9 Å². The zero-order valence-electron chi connectivity index (χ0n) is 14.6. The minimum atomic E-state index is -0.721. The number of methoxy groups -OCH3 is 1. The Morgan fingerprint density at radius 3 is 2.64 bits per heavy atom. The first kappa shape index (κ1) is 18.8. The van der Waals surface area contributed by atoms with E-state index in [1.807, 2.05) is 0 Å². The molecule has 1 heterocycles. The number of aromatic hydroxyl groups is 1. The van der Waals surface area contributed by atoms with Gasteiger partial charge < -0.3 is 24.6 Å². The molecule has 1 aromatic rings. The average Bonchev–Trinajstić information content (AvgIpc) is 2.82. The van der Waals surface area contributed by atoms with Crippen LogP contribution in [0.2, 0.25) is 0 Å². The largest absolute Gasteiger partial charge is 0.504 e. The summed E-state index contributed by atoms with van der Waals surface area (Å²) in [6.07, 6.45) is 0.563. The van der Waals surface area contributed by atoms with Gasteiger partial charge in [-0.05, 0) is 38.0 Å². The van der Waals surface area contributed by atoms with E-state index in [1.54, 1.807) is 26.2 Å². The number of amides is 1. The summed E-state index contributed by atoms with van der Waals surface area (Å²) in [5, 5.41) is 20.0. The van der Waals surface area contributed by atoms with Gasteiger partial charge >= 0.3 is 0 Å². The van der Waals surface area contributed by atoms with Crippen LogP contribution in [0.25, 0.3) is 0 Å². The van der Waals surface area contributed by atoms with Crippen molar-refractivity contribution in [3.63, 3.8) is 0 Å². The fourth-order valence-electron chi connectivity index (χ4n) is 2.94. The minimum absolute atomic E-state index is 0.0292. The molecule has 7 heteroatoms. The molecule has 0 bridgehead atoms. The molecular formula is C18H23NO6. The van der Waals surface area contributed by atoms with Crippen molar-refractivity contribution in [2.24, 2.45) is 0 Å². The van der Waals surface area contributed by atoms with E-state index in [0.29, 0.717) is 31.7 Å². The number of hydrogen-bond donors (Lipinski definition) is 2. The predicted molar refractivity (Wildman–Crippen MR) is 90.6 cm³/mol. The van der Waals surface area contributed by atoms with Crippen molar-refractivity contribution >= 4 is 11.7 Å². The van der Waals surface area contributed by atoms with Crippen molar-refractivity contribution in [3.05, 3.63) is 35.1 Å². The van der Waals surface area contributed by atoms with Gasteiger partial charge in [-0.1, -0.05) is 6.07 Å². The molecule has 1 aliphatic heterocycles. The van der Waals surface area contributed by atoms with Crippen LogP contribution in [0.5, 0.6) is 11.5 Å². The van der Waals surface area contributed by atoms with Crippen LogP contribution in [0, 0.1) is 0 Å². The number of rotatable bonds is 8. The van der Waals surface area contributed by atoms with Gasteiger partial charge in [-0.3, -0.25) is 9.59 Å². The molecular weight excluding hydrogens is 326 g/mol. The van der Waals surface area contributed by atoms with Gasteiger partial charge in [-0.25, -0.2) is 0 Å².